The molecule has 0 aliphatic rings. The Morgan fingerprint density at radius 1 is 1.00 bits per heavy atom. The molecule has 0 fully saturated rings. The van der Waals surface area contributed by atoms with E-state index < -0.39 is 0 Å². The second-order valence-corrected chi connectivity index (χ2v) is 6.07. The molecule has 0 radical (unpaired) electrons. The molecule has 1 N–H and O–H groups in total. The lowest BCUT2D eigenvalue weighted by atomic mass is 10.1. The largest absolute Gasteiger partial charge is 0.507 e. The molecule has 0 saturated heterocycles. The van der Waals surface area contributed by atoms with Gasteiger partial charge in [-0.2, -0.15) is 0 Å². The summed E-state index contributed by atoms with van der Waals surface area (Å²) in [7, 11) is 0. The molecular formula is C21H26FNO2. The maximum Gasteiger partial charge on any atom is 0.128 e. The van der Waals surface area contributed by atoms with Gasteiger partial charge in [0.2, 0.25) is 0 Å². The van der Waals surface area contributed by atoms with Crippen molar-refractivity contribution in [2.45, 2.75) is 45.4 Å². The van der Waals surface area contributed by atoms with E-state index in [-0.39, 0.29) is 11.6 Å². The third-order valence-corrected chi connectivity index (χ3v) is 3.95. The average Bonchev–Trinajstić information content (AvgIpc) is 2.61. The number of unbranched alkanes of at least 4 members (excludes halogenated alkanes) is 5. The number of benzene rings is 2. The first kappa shape index (κ1) is 19.0. The third-order valence-electron chi connectivity index (χ3n) is 3.95. The number of nitrogens with zero attached hydrogens (tertiary/aromatic N) is 1. The van der Waals surface area contributed by atoms with Gasteiger partial charge in [0.05, 0.1) is 12.3 Å². The number of phenolic OH excluding ortho intramolecular Hbond substituents is 1. The highest BCUT2D eigenvalue weighted by atomic mass is 19.1. The van der Waals surface area contributed by atoms with E-state index in [4.69, 9.17) is 4.74 Å². The van der Waals surface area contributed by atoms with Crippen molar-refractivity contribution in [3.8, 4) is 11.5 Å². The molecule has 0 unspecified atom stereocenters. The molecule has 2 rings (SSSR count). The number of phenols is 1. The normalized spacial score (nSPS) is 11.1. The number of aromatic hydroxyl groups is 1. The zero-order valence-electron chi connectivity index (χ0n) is 14.7. The van der Waals surface area contributed by atoms with Crippen LogP contribution in [0.3, 0.4) is 0 Å². The number of hydrogen-bond acceptors (Lipinski definition) is 3. The Labute approximate surface area is 149 Å². The van der Waals surface area contributed by atoms with Crippen LogP contribution in [0.15, 0.2) is 47.5 Å². The van der Waals surface area contributed by atoms with Crippen LogP contribution in [0.1, 0.15) is 51.0 Å². The van der Waals surface area contributed by atoms with Crippen molar-refractivity contribution in [2.24, 2.45) is 4.99 Å². The van der Waals surface area contributed by atoms with Gasteiger partial charge in [-0.25, -0.2) is 4.39 Å². The maximum absolute atomic E-state index is 12.9. The summed E-state index contributed by atoms with van der Waals surface area (Å²) in [6.07, 6.45) is 8.86. The minimum Gasteiger partial charge on any atom is -0.507 e. The summed E-state index contributed by atoms with van der Waals surface area (Å²) in [6.45, 7) is 2.87. The number of rotatable bonds is 10. The zero-order chi connectivity index (χ0) is 17.9. The molecule has 0 spiro atoms. The minimum absolute atomic E-state index is 0.117. The molecule has 0 saturated carbocycles. The Morgan fingerprint density at radius 3 is 2.44 bits per heavy atom. The Morgan fingerprint density at radius 2 is 1.72 bits per heavy atom. The molecule has 0 atom stereocenters. The first-order chi connectivity index (χ1) is 12.2. The molecule has 0 amide bonds. The van der Waals surface area contributed by atoms with Gasteiger partial charge < -0.3 is 9.84 Å². The van der Waals surface area contributed by atoms with Crippen LogP contribution in [0.5, 0.6) is 11.5 Å². The minimum atomic E-state index is -0.298. The van der Waals surface area contributed by atoms with Crippen LogP contribution in [0.4, 0.5) is 10.1 Å². The molecular weight excluding hydrogens is 317 g/mol. The van der Waals surface area contributed by atoms with E-state index in [2.05, 4.69) is 11.9 Å². The van der Waals surface area contributed by atoms with E-state index in [1.807, 2.05) is 6.07 Å². The van der Waals surface area contributed by atoms with Gasteiger partial charge in [-0.05, 0) is 42.8 Å². The fourth-order valence-corrected chi connectivity index (χ4v) is 2.47. The van der Waals surface area contributed by atoms with Crippen LogP contribution in [-0.4, -0.2) is 17.9 Å². The van der Waals surface area contributed by atoms with Crippen LogP contribution in [0.2, 0.25) is 0 Å². The van der Waals surface area contributed by atoms with Crippen LogP contribution in [0.25, 0.3) is 0 Å². The van der Waals surface area contributed by atoms with Crippen molar-refractivity contribution in [3.63, 3.8) is 0 Å². The standard InChI is InChI=1S/C21H26FNO2/c1-2-3-4-5-6-7-14-25-20-13-8-17(21(24)15-20)16-23-19-11-9-18(22)10-12-19/h8-13,15-16,24H,2-7,14H2,1H3. The van der Waals surface area contributed by atoms with Crippen LogP contribution in [-0.2, 0) is 0 Å². The summed E-state index contributed by atoms with van der Waals surface area (Å²) < 4.78 is 18.5. The quantitative estimate of drug-likeness (QED) is 0.423. The van der Waals surface area contributed by atoms with Gasteiger partial charge in [0, 0.05) is 17.8 Å². The predicted octanol–water partition coefficient (Wildman–Crippen LogP) is 6.02. The van der Waals surface area contributed by atoms with Gasteiger partial charge in [-0.1, -0.05) is 39.0 Å². The van der Waals surface area contributed by atoms with Gasteiger partial charge in [-0.3, -0.25) is 4.99 Å². The van der Waals surface area contributed by atoms with Crippen molar-refractivity contribution < 1.29 is 14.2 Å². The smallest absolute Gasteiger partial charge is 0.128 e. The van der Waals surface area contributed by atoms with Crippen molar-refractivity contribution in [2.75, 3.05) is 6.61 Å². The van der Waals surface area contributed by atoms with Crippen LogP contribution >= 0.6 is 0 Å². The van der Waals surface area contributed by atoms with Crippen molar-refractivity contribution in [3.05, 3.63) is 53.8 Å². The van der Waals surface area contributed by atoms with Gasteiger partial charge in [-0.15, -0.1) is 0 Å². The Bertz CT molecular complexity index is 668. The number of aliphatic imine (C=N–C) groups is 1. The molecule has 0 heterocycles. The number of halogens is 1. The Balaban J connectivity index is 1.80. The molecule has 4 heteroatoms. The topological polar surface area (TPSA) is 41.8 Å². The molecule has 0 aliphatic heterocycles. The highest BCUT2D eigenvalue weighted by molar-refractivity contribution is 5.85. The fraction of sp³-hybridized carbons (Fsp3) is 0.381. The van der Waals surface area contributed by atoms with Gasteiger partial charge in [0.25, 0.3) is 0 Å². The molecule has 0 bridgehead atoms. The van der Waals surface area contributed by atoms with E-state index in [0.717, 1.165) is 6.42 Å². The lowest BCUT2D eigenvalue weighted by Crippen LogP contribution is -1.97. The van der Waals surface area contributed by atoms with Crippen molar-refractivity contribution >= 4 is 11.9 Å². The molecule has 0 aromatic heterocycles. The second-order valence-electron chi connectivity index (χ2n) is 6.07. The van der Waals surface area contributed by atoms with Gasteiger partial charge >= 0.3 is 0 Å². The third kappa shape index (κ3) is 6.96. The predicted molar refractivity (Wildman–Crippen MR) is 101 cm³/mol. The maximum atomic E-state index is 12.9. The SMILES string of the molecule is CCCCCCCCOc1ccc(C=Nc2ccc(F)cc2)c(O)c1. The van der Waals surface area contributed by atoms with E-state index in [1.54, 1.807) is 30.5 Å². The summed E-state index contributed by atoms with van der Waals surface area (Å²) in [5.74, 6) is 0.477. The van der Waals surface area contributed by atoms with E-state index in [0.29, 0.717) is 23.6 Å². The molecule has 134 valence electrons. The summed E-state index contributed by atoms with van der Waals surface area (Å²) in [5, 5.41) is 10.1. The average molecular weight is 343 g/mol. The molecule has 0 aliphatic carbocycles. The number of ether oxygens (including phenoxy) is 1. The highest BCUT2D eigenvalue weighted by Crippen LogP contribution is 2.23. The van der Waals surface area contributed by atoms with Gasteiger partial charge in [0.1, 0.15) is 17.3 Å². The van der Waals surface area contributed by atoms with E-state index in [1.165, 1.54) is 44.2 Å². The first-order valence-corrected chi connectivity index (χ1v) is 8.94. The van der Waals surface area contributed by atoms with Gasteiger partial charge in [0.15, 0.2) is 0 Å². The molecule has 3 nitrogen and oxygen atoms in total. The first-order valence-electron chi connectivity index (χ1n) is 8.94. The van der Waals surface area contributed by atoms with E-state index >= 15 is 0 Å². The summed E-state index contributed by atoms with van der Waals surface area (Å²) >= 11 is 0. The summed E-state index contributed by atoms with van der Waals surface area (Å²) in [6, 6.07) is 11.1. The molecule has 25 heavy (non-hydrogen) atoms. The molecule has 2 aromatic carbocycles. The monoisotopic (exact) mass is 343 g/mol. The second kappa shape index (κ2) is 10.5. The van der Waals surface area contributed by atoms with Crippen LogP contribution < -0.4 is 4.74 Å². The lowest BCUT2D eigenvalue weighted by molar-refractivity contribution is 0.302. The summed E-state index contributed by atoms with van der Waals surface area (Å²) in [5.41, 5.74) is 1.22. The van der Waals surface area contributed by atoms with Crippen molar-refractivity contribution in [1.29, 1.82) is 0 Å². The highest BCUT2D eigenvalue weighted by Gasteiger charge is 2.02. The lowest BCUT2D eigenvalue weighted by Gasteiger charge is -2.07. The Kier molecular flexibility index (Phi) is 7.96. The fourth-order valence-electron chi connectivity index (χ4n) is 2.47. The van der Waals surface area contributed by atoms with Crippen LogP contribution in [0, 0.1) is 5.82 Å². The zero-order valence-corrected chi connectivity index (χ0v) is 14.7. The summed E-state index contributed by atoms with van der Waals surface area (Å²) in [4.78, 5) is 4.23. The molecule has 2 aromatic rings. The number of hydrogen-bond donors (Lipinski definition) is 1. The van der Waals surface area contributed by atoms with Crippen molar-refractivity contribution in [1.82, 2.24) is 0 Å². The van der Waals surface area contributed by atoms with E-state index in [9.17, 15) is 9.50 Å². The Hall–Kier alpha value is -2.36.